The molecule has 0 bridgehead atoms. The van der Waals surface area contributed by atoms with E-state index in [0.717, 1.165) is 6.54 Å². The summed E-state index contributed by atoms with van der Waals surface area (Å²) in [6.07, 6.45) is 2.25. The quantitative estimate of drug-likeness (QED) is 0.874. The molecule has 0 spiro atoms. The minimum absolute atomic E-state index is 0.634. The number of nitrogens with one attached hydrogen (secondary N) is 1. The second-order valence-electron chi connectivity index (χ2n) is 5.82. The number of hydrogen-bond donors (Lipinski definition) is 1. The molecule has 1 aromatic carbocycles. The highest BCUT2D eigenvalue weighted by atomic mass is 15.0. The maximum Gasteiger partial charge on any atom is 0.0483 e. The predicted molar refractivity (Wildman–Crippen MR) is 85.7 cm³/mol. The van der Waals surface area contributed by atoms with Crippen LogP contribution in [0.4, 0.5) is 0 Å². The number of hydrogen-bond acceptors (Lipinski definition) is 1. The number of fused-ring (bicyclic) bond motifs is 1. The van der Waals surface area contributed by atoms with Gasteiger partial charge in [-0.05, 0) is 31.5 Å². The van der Waals surface area contributed by atoms with Crippen LogP contribution in [0.15, 0.2) is 30.5 Å². The molecule has 2 rings (SSSR count). The lowest BCUT2D eigenvalue weighted by atomic mass is 10.2. The van der Waals surface area contributed by atoms with E-state index in [1.165, 1.54) is 16.5 Å². The molecule has 0 aliphatic heterocycles. The first-order chi connectivity index (χ1) is 8.95. The summed E-state index contributed by atoms with van der Waals surface area (Å²) in [5.74, 6) is 0.699. The molecular weight excluding hydrogens is 232 g/mol. The van der Waals surface area contributed by atoms with Crippen LogP contribution in [0.3, 0.4) is 0 Å². The Kier molecular flexibility index (Phi) is 6.10. The number of aryl methyl sites for hydroxylation is 1. The van der Waals surface area contributed by atoms with Gasteiger partial charge in [-0.15, -0.1) is 0 Å². The van der Waals surface area contributed by atoms with Crippen LogP contribution in [0.1, 0.15) is 33.3 Å². The highest BCUT2D eigenvalue weighted by Gasteiger charge is 2.04. The minimum atomic E-state index is 0.634. The van der Waals surface area contributed by atoms with E-state index in [-0.39, 0.29) is 0 Å². The van der Waals surface area contributed by atoms with E-state index in [1.807, 2.05) is 7.05 Å². The molecular formula is C17H28N2. The summed E-state index contributed by atoms with van der Waals surface area (Å²) in [6.45, 7) is 12.0. The van der Waals surface area contributed by atoms with E-state index in [1.54, 1.807) is 0 Å². The Morgan fingerprint density at radius 1 is 1.11 bits per heavy atom. The van der Waals surface area contributed by atoms with Gasteiger partial charge in [0.15, 0.2) is 0 Å². The van der Waals surface area contributed by atoms with Gasteiger partial charge in [-0.2, -0.15) is 0 Å². The van der Waals surface area contributed by atoms with Crippen molar-refractivity contribution in [3.8, 4) is 0 Å². The summed E-state index contributed by atoms with van der Waals surface area (Å²) in [4.78, 5) is 0. The normalized spacial score (nSPS) is 10.9. The molecule has 1 heterocycles. The smallest absolute Gasteiger partial charge is 0.0483 e. The van der Waals surface area contributed by atoms with Gasteiger partial charge in [-0.25, -0.2) is 0 Å². The van der Waals surface area contributed by atoms with Crippen LogP contribution < -0.4 is 5.32 Å². The van der Waals surface area contributed by atoms with Crippen molar-refractivity contribution in [1.82, 2.24) is 9.88 Å². The maximum absolute atomic E-state index is 3.03. The Bertz CT molecular complexity index is 495. The van der Waals surface area contributed by atoms with Gasteiger partial charge < -0.3 is 9.88 Å². The molecule has 1 aromatic heterocycles. The zero-order chi connectivity index (χ0) is 14.4. The molecule has 0 unspecified atom stereocenters. The molecule has 106 valence electrons. The van der Waals surface area contributed by atoms with Crippen LogP contribution in [0.5, 0.6) is 0 Å². The third-order valence-electron chi connectivity index (χ3n) is 3.13. The van der Waals surface area contributed by atoms with Gasteiger partial charge in [0, 0.05) is 29.7 Å². The summed E-state index contributed by atoms with van der Waals surface area (Å²) < 4.78 is 2.36. The fourth-order valence-electron chi connectivity index (χ4n) is 1.97. The Hall–Kier alpha value is -1.28. The topological polar surface area (TPSA) is 17.0 Å². The lowest BCUT2D eigenvalue weighted by Gasteiger charge is -2.07. The molecule has 0 fully saturated rings. The zero-order valence-electron chi connectivity index (χ0n) is 13.2. The fourth-order valence-corrected chi connectivity index (χ4v) is 1.97. The average Bonchev–Trinajstić information content (AvgIpc) is 2.67. The Morgan fingerprint density at radius 3 is 2.21 bits per heavy atom. The Balaban J connectivity index is 0.000000312. The lowest BCUT2D eigenvalue weighted by molar-refractivity contribution is 0.535. The Labute approximate surface area is 117 Å². The summed E-state index contributed by atoms with van der Waals surface area (Å²) >= 11 is 0. The van der Waals surface area contributed by atoms with Crippen molar-refractivity contribution in [2.45, 2.75) is 47.2 Å². The number of benzene rings is 1. The molecule has 2 aromatic rings. The van der Waals surface area contributed by atoms with Crippen LogP contribution in [0.25, 0.3) is 10.9 Å². The fraction of sp³-hybridized carbons (Fsp3) is 0.529. The number of para-hydroxylation sites is 1. The van der Waals surface area contributed by atoms with Gasteiger partial charge in [0.25, 0.3) is 0 Å². The second-order valence-corrected chi connectivity index (χ2v) is 5.82. The third kappa shape index (κ3) is 4.71. The summed E-state index contributed by atoms with van der Waals surface area (Å²) in [7, 11) is 1.95. The molecule has 19 heavy (non-hydrogen) atoms. The first kappa shape index (κ1) is 15.8. The summed E-state index contributed by atoms with van der Waals surface area (Å²) in [5, 5.41) is 4.41. The standard InChI is InChI=1S/C13H17N.C4H11N/c1-10(2)8-14-9-11(3)12-6-4-5-7-13(12)14;1-4(2)5-3/h4-7,9-10H,8H2,1-3H3;4-5H,1-3H3. The first-order valence-electron chi connectivity index (χ1n) is 7.17. The van der Waals surface area contributed by atoms with E-state index in [0.29, 0.717) is 12.0 Å². The van der Waals surface area contributed by atoms with E-state index in [4.69, 9.17) is 0 Å². The molecule has 0 aliphatic rings. The first-order valence-corrected chi connectivity index (χ1v) is 7.17. The lowest BCUT2D eigenvalue weighted by Crippen LogP contribution is -2.15. The molecule has 2 heteroatoms. The van der Waals surface area contributed by atoms with Crippen LogP contribution in [0, 0.1) is 12.8 Å². The summed E-state index contributed by atoms with van der Waals surface area (Å²) in [6, 6.07) is 9.25. The maximum atomic E-state index is 3.03. The predicted octanol–water partition coefficient (Wildman–Crippen LogP) is 4.22. The van der Waals surface area contributed by atoms with Crippen LogP contribution in [0.2, 0.25) is 0 Å². The molecule has 0 radical (unpaired) electrons. The highest BCUT2D eigenvalue weighted by molar-refractivity contribution is 5.83. The molecule has 0 atom stereocenters. The van der Waals surface area contributed by atoms with E-state index < -0.39 is 0 Å². The molecule has 0 amide bonds. The summed E-state index contributed by atoms with van der Waals surface area (Å²) in [5.41, 5.74) is 2.74. The van der Waals surface area contributed by atoms with Crippen molar-refractivity contribution in [3.63, 3.8) is 0 Å². The van der Waals surface area contributed by atoms with Gasteiger partial charge in [0.05, 0.1) is 0 Å². The Morgan fingerprint density at radius 2 is 1.68 bits per heavy atom. The molecule has 2 nitrogen and oxygen atoms in total. The number of nitrogens with zero attached hydrogens (tertiary/aromatic N) is 1. The number of aromatic nitrogens is 1. The van der Waals surface area contributed by atoms with Gasteiger partial charge in [-0.1, -0.05) is 45.9 Å². The van der Waals surface area contributed by atoms with E-state index in [2.05, 4.69) is 75.0 Å². The second kappa shape index (κ2) is 7.34. The van der Waals surface area contributed by atoms with Crippen LogP contribution >= 0.6 is 0 Å². The van der Waals surface area contributed by atoms with Crippen molar-refractivity contribution in [1.29, 1.82) is 0 Å². The minimum Gasteiger partial charge on any atom is -0.347 e. The molecule has 0 saturated heterocycles. The van der Waals surface area contributed by atoms with Crippen molar-refractivity contribution in [2.24, 2.45) is 5.92 Å². The van der Waals surface area contributed by atoms with Gasteiger partial charge in [0.1, 0.15) is 0 Å². The van der Waals surface area contributed by atoms with Crippen molar-refractivity contribution in [2.75, 3.05) is 7.05 Å². The van der Waals surface area contributed by atoms with Crippen LogP contribution in [-0.4, -0.2) is 17.7 Å². The highest BCUT2D eigenvalue weighted by Crippen LogP contribution is 2.21. The SMILES string of the molecule is CNC(C)C.Cc1cn(CC(C)C)c2ccccc12. The van der Waals surface area contributed by atoms with Crippen LogP contribution in [-0.2, 0) is 6.54 Å². The third-order valence-corrected chi connectivity index (χ3v) is 3.13. The molecule has 0 aliphatic carbocycles. The molecule has 1 N–H and O–H groups in total. The number of rotatable bonds is 3. The largest absolute Gasteiger partial charge is 0.347 e. The monoisotopic (exact) mass is 260 g/mol. The van der Waals surface area contributed by atoms with Crippen molar-refractivity contribution >= 4 is 10.9 Å². The van der Waals surface area contributed by atoms with Gasteiger partial charge in [-0.3, -0.25) is 0 Å². The van der Waals surface area contributed by atoms with Gasteiger partial charge >= 0.3 is 0 Å². The zero-order valence-corrected chi connectivity index (χ0v) is 13.2. The van der Waals surface area contributed by atoms with Crippen molar-refractivity contribution in [3.05, 3.63) is 36.0 Å². The van der Waals surface area contributed by atoms with E-state index >= 15 is 0 Å². The van der Waals surface area contributed by atoms with Crippen molar-refractivity contribution < 1.29 is 0 Å². The van der Waals surface area contributed by atoms with Gasteiger partial charge in [0.2, 0.25) is 0 Å². The average molecular weight is 260 g/mol. The van der Waals surface area contributed by atoms with E-state index in [9.17, 15) is 0 Å². The molecule has 0 saturated carbocycles.